The number of fused-ring (bicyclic) bond motifs is 1. The van der Waals surface area contributed by atoms with Crippen LogP contribution < -0.4 is 4.74 Å². The number of hydrogen-bond acceptors (Lipinski definition) is 5. The van der Waals surface area contributed by atoms with E-state index >= 15 is 0 Å². The molecule has 1 aromatic heterocycles. The molecule has 0 saturated carbocycles. The average Bonchev–Trinajstić information content (AvgIpc) is 2.68. The van der Waals surface area contributed by atoms with Crippen molar-refractivity contribution >= 4 is 11.8 Å². The van der Waals surface area contributed by atoms with E-state index in [1.165, 1.54) is 4.90 Å². The first-order chi connectivity index (χ1) is 13.1. The number of rotatable bonds is 4. The molecule has 7 heteroatoms. The van der Waals surface area contributed by atoms with Crippen LogP contribution in [0.15, 0.2) is 48.7 Å². The third kappa shape index (κ3) is 3.78. The highest BCUT2D eigenvalue weighted by molar-refractivity contribution is 5.95. The summed E-state index contributed by atoms with van der Waals surface area (Å²) in [7, 11) is 1.69. The minimum atomic E-state index is -0.376. The largest absolute Gasteiger partial charge is 0.439 e. The fourth-order valence-corrected chi connectivity index (χ4v) is 3.55. The topological polar surface area (TPSA) is 66.0 Å². The van der Waals surface area contributed by atoms with E-state index in [1.807, 2.05) is 42.5 Å². The summed E-state index contributed by atoms with van der Waals surface area (Å²) in [5.74, 6) is 1.35. The molecule has 7 nitrogen and oxygen atoms in total. The molecule has 4 rings (SSSR count). The first-order valence-electron chi connectivity index (χ1n) is 9.05. The summed E-state index contributed by atoms with van der Waals surface area (Å²) >= 11 is 0. The average molecular weight is 366 g/mol. The second-order valence-corrected chi connectivity index (χ2v) is 6.95. The van der Waals surface area contributed by atoms with Gasteiger partial charge in [0.05, 0.1) is 6.54 Å². The van der Waals surface area contributed by atoms with Gasteiger partial charge in [-0.15, -0.1) is 0 Å². The first kappa shape index (κ1) is 17.5. The third-order valence-electron chi connectivity index (χ3n) is 4.99. The third-order valence-corrected chi connectivity index (χ3v) is 4.99. The van der Waals surface area contributed by atoms with Gasteiger partial charge in [0.15, 0.2) is 0 Å². The normalized spacial score (nSPS) is 20.6. The zero-order valence-corrected chi connectivity index (χ0v) is 15.2. The molecule has 2 amide bonds. The minimum Gasteiger partial charge on any atom is -0.439 e. The van der Waals surface area contributed by atoms with Crippen LogP contribution in [0.1, 0.15) is 5.56 Å². The molecular weight excluding hydrogens is 344 g/mol. The Morgan fingerprint density at radius 3 is 2.67 bits per heavy atom. The van der Waals surface area contributed by atoms with Crippen LogP contribution in [-0.4, -0.2) is 70.8 Å². The maximum absolute atomic E-state index is 12.4. The molecule has 2 fully saturated rings. The van der Waals surface area contributed by atoms with Crippen LogP contribution in [0.5, 0.6) is 11.6 Å². The summed E-state index contributed by atoms with van der Waals surface area (Å²) in [4.78, 5) is 34.3. The molecule has 1 atom stereocenters. The number of nitrogens with zero attached hydrogens (tertiary/aromatic N) is 4. The van der Waals surface area contributed by atoms with Gasteiger partial charge in [-0.3, -0.25) is 14.5 Å². The van der Waals surface area contributed by atoms with Gasteiger partial charge in [-0.2, -0.15) is 0 Å². The van der Waals surface area contributed by atoms with E-state index in [2.05, 4.69) is 9.88 Å². The van der Waals surface area contributed by atoms with Crippen molar-refractivity contribution in [2.24, 2.45) is 0 Å². The van der Waals surface area contributed by atoms with Crippen LogP contribution >= 0.6 is 0 Å². The van der Waals surface area contributed by atoms with Crippen molar-refractivity contribution in [2.45, 2.75) is 12.6 Å². The van der Waals surface area contributed by atoms with Gasteiger partial charge in [-0.05, 0) is 17.7 Å². The van der Waals surface area contributed by atoms with Crippen molar-refractivity contribution in [3.05, 3.63) is 54.2 Å². The lowest BCUT2D eigenvalue weighted by Gasteiger charge is -2.45. The Morgan fingerprint density at radius 1 is 1.11 bits per heavy atom. The molecule has 0 bridgehead atoms. The van der Waals surface area contributed by atoms with Crippen LogP contribution in [0.3, 0.4) is 0 Å². The van der Waals surface area contributed by atoms with Gasteiger partial charge in [0, 0.05) is 45.5 Å². The Morgan fingerprint density at radius 2 is 1.93 bits per heavy atom. The number of carbonyl (C=O) groups is 2. The zero-order valence-electron chi connectivity index (χ0n) is 15.2. The molecule has 0 radical (unpaired) electrons. The van der Waals surface area contributed by atoms with Crippen LogP contribution in [0, 0.1) is 0 Å². The zero-order chi connectivity index (χ0) is 18.8. The number of hydrogen-bond donors (Lipinski definition) is 0. The van der Waals surface area contributed by atoms with Crippen molar-refractivity contribution in [2.75, 3.05) is 33.2 Å². The highest BCUT2D eigenvalue weighted by Gasteiger charge is 2.41. The number of aromatic nitrogens is 1. The fourth-order valence-electron chi connectivity index (χ4n) is 3.55. The second kappa shape index (κ2) is 7.36. The van der Waals surface area contributed by atoms with E-state index in [4.69, 9.17) is 4.74 Å². The number of carbonyl (C=O) groups excluding carboxylic acids is 2. The Kier molecular flexibility index (Phi) is 4.77. The molecule has 2 aliphatic heterocycles. The van der Waals surface area contributed by atoms with Crippen LogP contribution in [0.2, 0.25) is 0 Å². The number of ether oxygens (including phenoxy) is 1. The Balaban J connectivity index is 1.38. The molecule has 0 spiro atoms. The summed E-state index contributed by atoms with van der Waals surface area (Å²) in [6.45, 7) is 2.76. The predicted molar refractivity (Wildman–Crippen MR) is 99.2 cm³/mol. The van der Waals surface area contributed by atoms with Crippen molar-refractivity contribution < 1.29 is 14.3 Å². The summed E-state index contributed by atoms with van der Waals surface area (Å²) in [5.41, 5.74) is 1.05. The molecule has 140 valence electrons. The number of amides is 2. The molecule has 3 heterocycles. The lowest BCUT2D eigenvalue weighted by molar-refractivity contribution is -0.158. The predicted octanol–water partition coefficient (Wildman–Crippen LogP) is 1.36. The van der Waals surface area contributed by atoms with Crippen molar-refractivity contribution in [1.29, 1.82) is 0 Å². The molecule has 1 aromatic carbocycles. The van der Waals surface area contributed by atoms with Gasteiger partial charge in [0.1, 0.15) is 11.8 Å². The molecule has 0 N–H and O–H groups in total. The number of pyridine rings is 1. The minimum absolute atomic E-state index is 0.0176. The fraction of sp³-hybridized carbons (Fsp3) is 0.350. The number of para-hydroxylation sites is 1. The van der Waals surface area contributed by atoms with E-state index in [-0.39, 0.29) is 24.4 Å². The van der Waals surface area contributed by atoms with E-state index in [9.17, 15) is 9.59 Å². The number of piperazine rings is 2. The maximum atomic E-state index is 12.4. The van der Waals surface area contributed by atoms with Crippen LogP contribution in [0.4, 0.5) is 0 Å². The maximum Gasteiger partial charge on any atom is 0.246 e. The smallest absolute Gasteiger partial charge is 0.246 e. The van der Waals surface area contributed by atoms with Crippen molar-refractivity contribution in [3.8, 4) is 11.6 Å². The van der Waals surface area contributed by atoms with E-state index in [0.717, 1.165) is 17.9 Å². The van der Waals surface area contributed by atoms with Crippen molar-refractivity contribution in [3.63, 3.8) is 0 Å². The first-order valence-corrected chi connectivity index (χ1v) is 9.05. The Hall–Kier alpha value is -2.93. The quantitative estimate of drug-likeness (QED) is 0.817. The monoisotopic (exact) mass is 366 g/mol. The summed E-state index contributed by atoms with van der Waals surface area (Å²) in [5, 5.41) is 0. The molecule has 0 unspecified atom stereocenters. The SMILES string of the molecule is CN1CC(=O)N2CCN(Cc3ccc(Oc4ccccc4)nc3)C[C@H]2C1=O. The van der Waals surface area contributed by atoms with E-state index < -0.39 is 0 Å². The van der Waals surface area contributed by atoms with E-state index in [0.29, 0.717) is 25.5 Å². The standard InChI is InChI=1S/C20H22N4O3/c1-22-14-19(25)24-10-9-23(13-17(24)20(22)26)12-15-7-8-18(21-11-15)27-16-5-3-2-4-6-16/h2-8,11,17H,9-10,12-14H2,1H3/t17-/m0/s1. The molecule has 2 aromatic rings. The summed E-state index contributed by atoms with van der Waals surface area (Å²) in [6, 6.07) is 13.0. The van der Waals surface area contributed by atoms with E-state index in [1.54, 1.807) is 18.1 Å². The molecule has 27 heavy (non-hydrogen) atoms. The number of benzene rings is 1. The Labute approximate surface area is 158 Å². The summed E-state index contributed by atoms with van der Waals surface area (Å²) in [6.07, 6.45) is 1.80. The van der Waals surface area contributed by atoms with Gasteiger partial charge in [-0.1, -0.05) is 24.3 Å². The molecule has 2 aliphatic rings. The van der Waals surface area contributed by atoms with Crippen LogP contribution in [0.25, 0.3) is 0 Å². The number of likely N-dealkylation sites (N-methyl/N-ethyl adjacent to an activating group) is 1. The van der Waals surface area contributed by atoms with Crippen molar-refractivity contribution in [1.82, 2.24) is 19.7 Å². The highest BCUT2D eigenvalue weighted by atomic mass is 16.5. The summed E-state index contributed by atoms with van der Waals surface area (Å²) < 4.78 is 5.71. The highest BCUT2D eigenvalue weighted by Crippen LogP contribution is 2.21. The van der Waals surface area contributed by atoms with Crippen LogP contribution in [-0.2, 0) is 16.1 Å². The van der Waals surface area contributed by atoms with Gasteiger partial charge < -0.3 is 14.5 Å². The molecule has 0 aliphatic carbocycles. The molecular formula is C20H22N4O3. The second-order valence-electron chi connectivity index (χ2n) is 6.95. The lowest BCUT2D eigenvalue weighted by Crippen LogP contribution is -2.65. The van der Waals surface area contributed by atoms with Gasteiger partial charge in [0.2, 0.25) is 17.7 Å². The van der Waals surface area contributed by atoms with Gasteiger partial charge in [0.25, 0.3) is 0 Å². The lowest BCUT2D eigenvalue weighted by atomic mass is 10.1. The Bertz CT molecular complexity index is 825. The van der Waals surface area contributed by atoms with Gasteiger partial charge >= 0.3 is 0 Å². The molecule has 2 saturated heterocycles. The van der Waals surface area contributed by atoms with Gasteiger partial charge in [-0.25, -0.2) is 4.98 Å².